The zero-order chi connectivity index (χ0) is 38.3. The molecule has 1 heterocycles. The lowest BCUT2D eigenvalue weighted by Crippen LogP contribution is -1.90. The van der Waals surface area contributed by atoms with E-state index in [-0.39, 0.29) is 70.9 Å². The maximum atomic E-state index is 9.26. The van der Waals surface area contributed by atoms with Gasteiger partial charge in [0.15, 0.2) is 0 Å². The van der Waals surface area contributed by atoms with Crippen LogP contribution in [-0.2, 0) is 0 Å². The van der Waals surface area contributed by atoms with Gasteiger partial charge in [0.2, 0.25) is 0 Å². The number of hydrogen-bond acceptors (Lipinski definition) is 1. The summed E-state index contributed by atoms with van der Waals surface area (Å²) in [6.45, 7) is 0. The van der Waals surface area contributed by atoms with Gasteiger partial charge >= 0.3 is 0 Å². The maximum Gasteiger partial charge on any atom is 0.136 e. The van der Waals surface area contributed by atoms with Crippen LogP contribution in [0.3, 0.4) is 0 Å². The summed E-state index contributed by atoms with van der Waals surface area (Å²) in [5.41, 5.74) is -0.453. The molecule has 172 valence electrons. The fraction of sp³-hybridized carbons (Fsp3) is 0. The molecule has 0 saturated carbocycles. The average molecular weight is 487 g/mol. The van der Waals surface area contributed by atoms with Crippen LogP contribution in [0.25, 0.3) is 76.5 Å². The highest BCUT2D eigenvalue weighted by Gasteiger charge is 2.18. The number of furan rings is 1. The van der Waals surface area contributed by atoms with Crippen molar-refractivity contribution in [2.45, 2.75) is 0 Å². The zero-order valence-electron chi connectivity index (χ0n) is 34.9. The zero-order valence-corrected chi connectivity index (χ0v) is 18.9. The molecule has 37 heavy (non-hydrogen) atoms. The molecule has 1 heteroatoms. The molecular weight excluding hydrogens is 448 g/mol. The SMILES string of the molecule is [2H]c1c(-c2c3c([2H])c([2H])c([2H])c([2H])c3c(-c3ccccc3)c3c([2H])c([2H])c([2H])c([2H])c23)cc2c(oc3c([2H])c([2H])c4c([2H])c([2H])c([2H])c([2H])c4c32)c1[2H]. The third kappa shape index (κ3) is 2.98. The minimum Gasteiger partial charge on any atom is -0.456 e. The van der Waals surface area contributed by atoms with Crippen LogP contribution < -0.4 is 0 Å². The third-order valence-corrected chi connectivity index (χ3v) is 6.49. The highest BCUT2D eigenvalue weighted by Crippen LogP contribution is 2.45. The molecule has 8 aromatic rings. The fourth-order valence-electron chi connectivity index (χ4n) is 4.95. The Kier molecular flexibility index (Phi) is 2.16. The Balaban J connectivity index is 1.72. The summed E-state index contributed by atoms with van der Waals surface area (Å²) in [6.07, 6.45) is 0. The van der Waals surface area contributed by atoms with Gasteiger partial charge in [0, 0.05) is 10.8 Å². The molecule has 0 N–H and O–H groups in total. The quantitative estimate of drug-likeness (QED) is 0.221. The molecule has 1 aromatic heterocycles. The van der Waals surface area contributed by atoms with Crippen molar-refractivity contribution < 1.29 is 26.3 Å². The molecule has 0 atom stereocenters. The Morgan fingerprint density at radius 1 is 0.459 bits per heavy atom. The van der Waals surface area contributed by atoms with E-state index in [9.17, 15) is 4.11 Å². The summed E-state index contributed by atoms with van der Waals surface area (Å²) >= 11 is 0. The largest absolute Gasteiger partial charge is 0.456 e. The van der Waals surface area contributed by atoms with Gasteiger partial charge in [-0.25, -0.2) is 0 Å². The van der Waals surface area contributed by atoms with E-state index in [1.807, 2.05) is 0 Å². The van der Waals surface area contributed by atoms with Gasteiger partial charge < -0.3 is 4.42 Å². The van der Waals surface area contributed by atoms with Gasteiger partial charge in [-0.15, -0.1) is 0 Å². The topological polar surface area (TPSA) is 13.1 Å². The van der Waals surface area contributed by atoms with Crippen molar-refractivity contribution in [3.8, 4) is 22.3 Å². The Bertz CT molecular complexity index is 2930. The van der Waals surface area contributed by atoms with Gasteiger partial charge in [-0.3, -0.25) is 0 Å². The summed E-state index contributed by atoms with van der Waals surface area (Å²) in [5, 5.41) is -1.08. The monoisotopic (exact) mass is 486 g/mol. The number of benzene rings is 7. The molecule has 0 spiro atoms. The highest BCUT2D eigenvalue weighted by molar-refractivity contribution is 6.23. The molecule has 0 bridgehead atoms. The van der Waals surface area contributed by atoms with Crippen LogP contribution >= 0.6 is 0 Å². The molecule has 8 rings (SSSR count). The molecule has 0 aliphatic heterocycles. The summed E-state index contributed by atoms with van der Waals surface area (Å²) in [4.78, 5) is 0. The fourth-order valence-corrected chi connectivity index (χ4v) is 4.95. The van der Waals surface area contributed by atoms with Crippen molar-refractivity contribution in [2.75, 3.05) is 0 Å². The van der Waals surface area contributed by atoms with Crippen molar-refractivity contribution in [2.24, 2.45) is 0 Å². The molecule has 7 aromatic carbocycles. The van der Waals surface area contributed by atoms with Crippen molar-refractivity contribution in [3.05, 3.63) is 133 Å². The third-order valence-electron chi connectivity index (χ3n) is 6.49. The van der Waals surface area contributed by atoms with E-state index < -0.39 is 96.7 Å². The average Bonchev–Trinajstić information content (AvgIpc) is 3.54. The Hall–Kier alpha value is -4.88. The van der Waals surface area contributed by atoms with Crippen molar-refractivity contribution in [1.29, 1.82) is 0 Å². The normalized spacial score (nSPS) is 17.8. The Morgan fingerprint density at radius 2 is 1.03 bits per heavy atom. The first kappa shape index (κ1) is 10.2. The molecule has 0 fully saturated rings. The van der Waals surface area contributed by atoms with E-state index in [1.165, 1.54) is 6.07 Å². The van der Waals surface area contributed by atoms with Gasteiger partial charge in [0.05, 0.1) is 21.9 Å². The predicted octanol–water partition coefficient (Wildman–Crippen LogP) is 10.4. The minimum absolute atomic E-state index is 0.0189. The van der Waals surface area contributed by atoms with E-state index in [0.717, 1.165) is 0 Å². The maximum absolute atomic E-state index is 9.26. The smallest absolute Gasteiger partial charge is 0.136 e. The summed E-state index contributed by atoms with van der Waals surface area (Å²) in [7, 11) is 0. The van der Waals surface area contributed by atoms with E-state index in [1.54, 1.807) is 30.3 Å². The van der Waals surface area contributed by atoms with Gasteiger partial charge in [-0.2, -0.15) is 0 Å². The van der Waals surface area contributed by atoms with Gasteiger partial charge in [0.1, 0.15) is 11.2 Å². The summed E-state index contributed by atoms with van der Waals surface area (Å²) < 4.78 is 147. The molecule has 0 amide bonds. The van der Waals surface area contributed by atoms with Crippen molar-refractivity contribution in [1.82, 2.24) is 0 Å². The van der Waals surface area contributed by atoms with E-state index in [4.69, 9.17) is 22.2 Å². The van der Waals surface area contributed by atoms with Crippen LogP contribution in [0, 0.1) is 0 Å². The lowest BCUT2D eigenvalue weighted by atomic mass is 9.86. The molecule has 1 nitrogen and oxygen atoms in total. The van der Waals surface area contributed by atoms with Crippen LogP contribution in [0.5, 0.6) is 0 Å². The summed E-state index contributed by atoms with van der Waals surface area (Å²) in [6, 6.07) is 0.392. The second-order valence-electron chi connectivity index (χ2n) is 8.47. The van der Waals surface area contributed by atoms with Crippen LogP contribution in [0.15, 0.2) is 137 Å². The number of fused-ring (bicyclic) bond motifs is 7. The molecular formula is C36H22O. The standard InChI is InChI=1S/C36H22O/c1-2-11-24(12-3-1)34-27-14-6-8-16-29(27)35(30-17-9-7-15-28(30)34)25-19-20-32-31(22-25)36-26-13-5-4-10-23(26)18-21-33(36)37-32/h1-22H/i4D,5D,6D,7D,8D,9D,10D,13D,14D,15D,16D,17D,18D,19D,20D,21D. The minimum atomic E-state index is -0.653. The van der Waals surface area contributed by atoms with Gasteiger partial charge in [0.25, 0.3) is 0 Å². The number of rotatable bonds is 2. The second-order valence-corrected chi connectivity index (χ2v) is 8.47. The first-order chi connectivity index (χ1) is 25.0. The van der Waals surface area contributed by atoms with E-state index in [2.05, 4.69) is 0 Å². The number of hydrogen-bond donors (Lipinski definition) is 0. The van der Waals surface area contributed by atoms with E-state index in [0.29, 0.717) is 5.56 Å². The highest BCUT2D eigenvalue weighted by atomic mass is 16.3. The molecule has 0 aliphatic carbocycles. The van der Waals surface area contributed by atoms with Crippen LogP contribution in [-0.4, -0.2) is 0 Å². The lowest BCUT2D eigenvalue weighted by molar-refractivity contribution is 0.669. The first-order valence-corrected chi connectivity index (χ1v) is 11.4. The Morgan fingerprint density at radius 3 is 1.70 bits per heavy atom. The van der Waals surface area contributed by atoms with Crippen molar-refractivity contribution in [3.63, 3.8) is 0 Å². The van der Waals surface area contributed by atoms with Crippen LogP contribution in [0.1, 0.15) is 21.9 Å². The second kappa shape index (κ2) is 7.81. The van der Waals surface area contributed by atoms with Crippen LogP contribution in [0.2, 0.25) is 0 Å². The molecule has 0 radical (unpaired) electrons. The van der Waals surface area contributed by atoms with Gasteiger partial charge in [-0.05, 0) is 72.7 Å². The Labute approximate surface area is 236 Å². The van der Waals surface area contributed by atoms with E-state index >= 15 is 0 Å². The van der Waals surface area contributed by atoms with Crippen LogP contribution in [0.4, 0.5) is 0 Å². The molecule has 0 saturated heterocycles. The predicted molar refractivity (Wildman–Crippen MR) is 157 cm³/mol. The molecule has 0 aliphatic rings. The molecule has 0 unspecified atom stereocenters. The van der Waals surface area contributed by atoms with Gasteiger partial charge in [-0.1, -0.05) is 115 Å². The lowest BCUT2D eigenvalue weighted by Gasteiger charge is -2.17. The van der Waals surface area contributed by atoms with Crippen molar-refractivity contribution >= 4 is 54.3 Å². The first-order valence-electron chi connectivity index (χ1n) is 19.4. The summed E-state index contributed by atoms with van der Waals surface area (Å²) in [5.74, 6) is 0.